The summed E-state index contributed by atoms with van der Waals surface area (Å²) in [4.78, 5) is 37.7. The lowest BCUT2D eigenvalue weighted by molar-refractivity contribution is -0.127. The third-order valence-corrected chi connectivity index (χ3v) is 7.97. The highest BCUT2D eigenvalue weighted by Crippen LogP contribution is 2.32. The number of hydrogen-bond donors (Lipinski definition) is 1. The minimum Gasteiger partial charge on any atom is -0.481 e. The van der Waals surface area contributed by atoms with Crippen LogP contribution in [0.4, 0.5) is 5.69 Å². The van der Waals surface area contributed by atoms with Gasteiger partial charge in [0.25, 0.3) is 0 Å². The fraction of sp³-hybridized carbons (Fsp3) is 0.257. The summed E-state index contributed by atoms with van der Waals surface area (Å²) in [6.07, 6.45) is 5.74. The number of nitrogens with zero attached hydrogens (tertiary/aromatic N) is 4. The van der Waals surface area contributed by atoms with E-state index in [2.05, 4.69) is 58.8 Å². The maximum atomic E-state index is 13.8. The van der Waals surface area contributed by atoms with Gasteiger partial charge in [-0.25, -0.2) is 4.98 Å². The smallest absolute Gasteiger partial charge is 0.249 e. The number of nitrogens with one attached hydrogen (secondary N) is 1. The van der Waals surface area contributed by atoms with E-state index in [1.807, 2.05) is 42.6 Å². The zero-order chi connectivity index (χ0) is 30.5. The summed E-state index contributed by atoms with van der Waals surface area (Å²) < 4.78 is 7.43. The Morgan fingerprint density at radius 2 is 1.67 bits per heavy atom. The van der Waals surface area contributed by atoms with E-state index in [-0.39, 0.29) is 18.2 Å². The van der Waals surface area contributed by atoms with Crippen molar-refractivity contribution in [2.75, 3.05) is 19.1 Å². The van der Waals surface area contributed by atoms with E-state index in [1.165, 1.54) is 4.90 Å². The Hall–Kier alpha value is -4.98. The SMILES string of the molecule is COc1ccc(N(C)C(=O)[C@H](Cc2ccccc2)NC(=O)Cc2c(C)n(Cc3cccnc3)c3c(C)ccc(C)c23)cn1. The Balaban J connectivity index is 1.45. The molecule has 0 spiro atoms. The molecule has 0 radical (unpaired) electrons. The Morgan fingerprint density at radius 1 is 0.930 bits per heavy atom. The van der Waals surface area contributed by atoms with Gasteiger partial charge in [0.05, 0.1) is 30.9 Å². The van der Waals surface area contributed by atoms with Crippen LogP contribution in [0.3, 0.4) is 0 Å². The van der Waals surface area contributed by atoms with Gasteiger partial charge in [-0.3, -0.25) is 14.6 Å². The van der Waals surface area contributed by atoms with Crippen molar-refractivity contribution in [3.05, 3.63) is 119 Å². The first-order chi connectivity index (χ1) is 20.8. The number of rotatable bonds is 10. The van der Waals surface area contributed by atoms with E-state index in [9.17, 15) is 9.59 Å². The van der Waals surface area contributed by atoms with Crippen molar-refractivity contribution in [3.63, 3.8) is 0 Å². The molecule has 0 saturated carbocycles. The van der Waals surface area contributed by atoms with Crippen molar-refractivity contribution in [3.8, 4) is 5.88 Å². The molecule has 1 N–H and O–H groups in total. The molecular formula is C35H37N5O3. The number of fused-ring (bicyclic) bond motifs is 1. The summed E-state index contributed by atoms with van der Waals surface area (Å²) >= 11 is 0. The normalized spacial score (nSPS) is 11.7. The number of aromatic nitrogens is 3. The number of likely N-dealkylation sites (N-methyl/N-ethyl adjacent to an activating group) is 1. The highest BCUT2D eigenvalue weighted by atomic mass is 16.5. The number of pyridine rings is 2. The summed E-state index contributed by atoms with van der Waals surface area (Å²) in [5.41, 5.74) is 8.02. The molecule has 2 amide bonds. The van der Waals surface area contributed by atoms with Crippen LogP contribution in [0.25, 0.3) is 10.9 Å². The van der Waals surface area contributed by atoms with E-state index in [0.717, 1.165) is 44.4 Å². The Labute approximate surface area is 252 Å². The van der Waals surface area contributed by atoms with Crippen molar-refractivity contribution in [2.45, 2.75) is 46.2 Å². The lowest BCUT2D eigenvalue weighted by atomic mass is 10.00. The lowest BCUT2D eigenvalue weighted by Crippen LogP contribution is -2.49. The van der Waals surface area contributed by atoms with Crippen LogP contribution in [-0.2, 0) is 29.0 Å². The predicted molar refractivity (Wildman–Crippen MR) is 169 cm³/mol. The number of benzene rings is 2. The minimum atomic E-state index is -0.770. The molecule has 0 aliphatic carbocycles. The van der Waals surface area contributed by atoms with Crippen LogP contribution in [0, 0.1) is 20.8 Å². The molecule has 2 aromatic carbocycles. The molecule has 5 aromatic rings. The average molecular weight is 576 g/mol. The highest BCUT2D eigenvalue weighted by molar-refractivity contribution is 6.00. The van der Waals surface area contributed by atoms with Gasteiger partial charge in [-0.15, -0.1) is 0 Å². The van der Waals surface area contributed by atoms with Crippen molar-refractivity contribution in [2.24, 2.45) is 0 Å². The Morgan fingerprint density at radius 3 is 2.35 bits per heavy atom. The Kier molecular flexibility index (Phi) is 8.85. The number of anilines is 1. The molecule has 0 aliphatic rings. The van der Waals surface area contributed by atoms with Gasteiger partial charge < -0.3 is 19.5 Å². The second-order valence-corrected chi connectivity index (χ2v) is 10.9. The molecule has 5 rings (SSSR count). The molecule has 220 valence electrons. The first-order valence-electron chi connectivity index (χ1n) is 14.3. The van der Waals surface area contributed by atoms with Gasteiger partial charge >= 0.3 is 0 Å². The molecule has 1 atom stereocenters. The van der Waals surface area contributed by atoms with Crippen LogP contribution in [0.1, 0.15) is 33.5 Å². The van der Waals surface area contributed by atoms with Crippen LogP contribution in [0.2, 0.25) is 0 Å². The molecule has 0 bridgehead atoms. The number of carbonyl (C=O) groups excluding carboxylic acids is 2. The number of methoxy groups -OCH3 is 1. The zero-order valence-corrected chi connectivity index (χ0v) is 25.3. The molecule has 3 heterocycles. The topological polar surface area (TPSA) is 89.4 Å². The van der Waals surface area contributed by atoms with Crippen molar-refractivity contribution >= 4 is 28.4 Å². The number of carbonyl (C=O) groups is 2. The standard InChI is InChI=1S/C35H37N5O3/c1-23-13-14-24(2)34-33(23)29(25(3)40(34)22-27-12-9-17-36-20-27)19-31(41)38-30(18-26-10-7-6-8-11-26)35(42)39(4)28-15-16-32(43-5)37-21-28/h6-17,20-21,30H,18-19,22H2,1-5H3,(H,38,41)/t30-/m0/s1. The first-order valence-corrected chi connectivity index (χ1v) is 14.3. The van der Waals surface area contributed by atoms with Gasteiger partial charge in [-0.2, -0.15) is 0 Å². The van der Waals surface area contributed by atoms with Gasteiger partial charge in [0.1, 0.15) is 6.04 Å². The number of ether oxygens (including phenoxy) is 1. The monoisotopic (exact) mass is 575 g/mol. The molecule has 43 heavy (non-hydrogen) atoms. The molecule has 0 fully saturated rings. The fourth-order valence-corrected chi connectivity index (χ4v) is 5.63. The van der Waals surface area contributed by atoms with E-state index in [4.69, 9.17) is 4.74 Å². The molecule has 8 heteroatoms. The van der Waals surface area contributed by atoms with Crippen LogP contribution in [0.5, 0.6) is 5.88 Å². The summed E-state index contributed by atoms with van der Waals surface area (Å²) in [6.45, 7) is 6.90. The van der Waals surface area contributed by atoms with Crippen LogP contribution in [0.15, 0.2) is 85.3 Å². The van der Waals surface area contributed by atoms with Crippen molar-refractivity contribution in [1.82, 2.24) is 19.9 Å². The third kappa shape index (κ3) is 6.43. The summed E-state index contributed by atoms with van der Waals surface area (Å²) in [5.74, 6) is 0.0224. The first kappa shape index (κ1) is 29.5. The molecular weight excluding hydrogens is 538 g/mol. The van der Waals surface area contributed by atoms with E-state index in [0.29, 0.717) is 24.5 Å². The second kappa shape index (κ2) is 12.9. The average Bonchev–Trinajstić information content (AvgIpc) is 3.30. The maximum Gasteiger partial charge on any atom is 0.249 e. The van der Waals surface area contributed by atoms with Gasteiger partial charge in [0.2, 0.25) is 17.7 Å². The fourth-order valence-electron chi connectivity index (χ4n) is 5.63. The molecule has 0 saturated heterocycles. The van der Waals surface area contributed by atoms with Gasteiger partial charge in [-0.1, -0.05) is 48.5 Å². The summed E-state index contributed by atoms with van der Waals surface area (Å²) in [7, 11) is 3.24. The van der Waals surface area contributed by atoms with Crippen LogP contribution >= 0.6 is 0 Å². The number of aryl methyl sites for hydroxylation is 2. The Bertz CT molecular complexity index is 1730. The predicted octanol–water partition coefficient (Wildman–Crippen LogP) is 5.35. The largest absolute Gasteiger partial charge is 0.481 e. The highest BCUT2D eigenvalue weighted by Gasteiger charge is 2.27. The molecule has 0 unspecified atom stereocenters. The van der Waals surface area contributed by atoms with Crippen molar-refractivity contribution < 1.29 is 14.3 Å². The third-order valence-electron chi connectivity index (χ3n) is 7.97. The van der Waals surface area contributed by atoms with E-state index < -0.39 is 6.04 Å². The van der Waals surface area contributed by atoms with Gasteiger partial charge in [-0.05, 0) is 60.7 Å². The minimum absolute atomic E-state index is 0.152. The van der Waals surface area contributed by atoms with E-state index >= 15 is 0 Å². The van der Waals surface area contributed by atoms with Gasteiger partial charge in [0, 0.05) is 49.6 Å². The van der Waals surface area contributed by atoms with Crippen LogP contribution < -0.4 is 15.0 Å². The number of hydrogen-bond acceptors (Lipinski definition) is 5. The summed E-state index contributed by atoms with van der Waals surface area (Å²) in [5, 5.41) is 4.16. The van der Waals surface area contributed by atoms with Gasteiger partial charge in [0.15, 0.2) is 0 Å². The summed E-state index contributed by atoms with van der Waals surface area (Å²) in [6, 6.07) is 20.7. The van der Waals surface area contributed by atoms with E-state index in [1.54, 1.807) is 38.7 Å². The van der Waals surface area contributed by atoms with Crippen LogP contribution in [-0.4, -0.2) is 46.5 Å². The maximum absolute atomic E-state index is 13.8. The molecule has 3 aromatic heterocycles. The molecule has 0 aliphatic heterocycles. The number of amides is 2. The second-order valence-electron chi connectivity index (χ2n) is 10.9. The molecule has 8 nitrogen and oxygen atoms in total. The quantitative estimate of drug-likeness (QED) is 0.243. The lowest BCUT2D eigenvalue weighted by Gasteiger charge is -2.25. The van der Waals surface area contributed by atoms with Crippen molar-refractivity contribution in [1.29, 1.82) is 0 Å². The zero-order valence-electron chi connectivity index (χ0n) is 25.3.